The third-order valence-electron chi connectivity index (χ3n) is 3.79. The zero-order valence-corrected chi connectivity index (χ0v) is 13.9. The highest BCUT2D eigenvalue weighted by Crippen LogP contribution is 2.20. The van der Waals surface area contributed by atoms with Crippen LogP contribution in [0.5, 0.6) is 11.5 Å². The average molecular weight is 313 g/mol. The fraction of sp³-hybridized carbons (Fsp3) is 0.316. The van der Waals surface area contributed by atoms with E-state index in [1.54, 1.807) is 7.11 Å². The monoisotopic (exact) mass is 313 g/mol. The van der Waals surface area contributed by atoms with Crippen LogP contribution in [-0.4, -0.2) is 19.6 Å². The Bertz CT molecular complexity index is 650. The van der Waals surface area contributed by atoms with Gasteiger partial charge in [-0.15, -0.1) is 0 Å². The Labute approximate surface area is 137 Å². The number of amides is 1. The Morgan fingerprint density at radius 2 is 1.83 bits per heavy atom. The lowest BCUT2D eigenvalue weighted by Crippen LogP contribution is -2.24. The molecule has 122 valence electrons. The lowest BCUT2D eigenvalue weighted by Gasteiger charge is -2.11. The minimum atomic E-state index is -0.0221. The molecule has 2 aromatic carbocycles. The maximum atomic E-state index is 11.9. The van der Waals surface area contributed by atoms with Gasteiger partial charge in [-0.3, -0.25) is 4.79 Å². The number of benzene rings is 2. The van der Waals surface area contributed by atoms with Crippen molar-refractivity contribution in [1.82, 2.24) is 5.32 Å². The van der Waals surface area contributed by atoms with Crippen molar-refractivity contribution in [3.8, 4) is 11.5 Å². The van der Waals surface area contributed by atoms with Crippen LogP contribution in [0.4, 0.5) is 0 Å². The summed E-state index contributed by atoms with van der Waals surface area (Å²) >= 11 is 0. The van der Waals surface area contributed by atoms with E-state index in [2.05, 4.69) is 5.32 Å². The highest BCUT2D eigenvalue weighted by molar-refractivity contribution is 5.76. The SMILES string of the molecule is COc1ccc(CNC(=O)CCOc2cccc(C)c2C)cc1. The van der Waals surface area contributed by atoms with E-state index in [9.17, 15) is 4.79 Å². The van der Waals surface area contributed by atoms with Crippen molar-refractivity contribution in [1.29, 1.82) is 0 Å². The maximum absolute atomic E-state index is 11.9. The molecule has 0 radical (unpaired) electrons. The summed E-state index contributed by atoms with van der Waals surface area (Å²) in [6.45, 7) is 4.95. The first-order chi connectivity index (χ1) is 11.1. The fourth-order valence-electron chi connectivity index (χ4n) is 2.17. The van der Waals surface area contributed by atoms with Crippen LogP contribution in [0, 0.1) is 13.8 Å². The summed E-state index contributed by atoms with van der Waals surface area (Å²) in [5, 5.41) is 2.89. The average Bonchev–Trinajstić information content (AvgIpc) is 2.57. The molecular formula is C19H23NO3. The van der Waals surface area contributed by atoms with Crippen LogP contribution in [0.3, 0.4) is 0 Å². The Morgan fingerprint density at radius 3 is 2.52 bits per heavy atom. The molecule has 0 aliphatic heterocycles. The van der Waals surface area contributed by atoms with Gasteiger partial charge in [-0.25, -0.2) is 0 Å². The van der Waals surface area contributed by atoms with Gasteiger partial charge in [0.25, 0.3) is 0 Å². The second-order valence-electron chi connectivity index (χ2n) is 5.42. The smallest absolute Gasteiger partial charge is 0.223 e. The highest BCUT2D eigenvalue weighted by atomic mass is 16.5. The number of ether oxygens (including phenoxy) is 2. The molecule has 0 bridgehead atoms. The van der Waals surface area contributed by atoms with E-state index in [1.807, 2.05) is 56.3 Å². The molecule has 0 saturated carbocycles. The Hall–Kier alpha value is -2.49. The van der Waals surface area contributed by atoms with E-state index >= 15 is 0 Å². The van der Waals surface area contributed by atoms with Crippen LogP contribution in [0.15, 0.2) is 42.5 Å². The molecule has 4 nitrogen and oxygen atoms in total. The summed E-state index contributed by atoms with van der Waals surface area (Å²) in [4.78, 5) is 11.9. The van der Waals surface area contributed by atoms with Crippen molar-refractivity contribution in [3.05, 3.63) is 59.2 Å². The van der Waals surface area contributed by atoms with Gasteiger partial charge in [0.05, 0.1) is 20.1 Å². The van der Waals surface area contributed by atoms with Crippen molar-refractivity contribution < 1.29 is 14.3 Å². The van der Waals surface area contributed by atoms with Crippen LogP contribution in [0.25, 0.3) is 0 Å². The van der Waals surface area contributed by atoms with Crippen LogP contribution in [-0.2, 0) is 11.3 Å². The highest BCUT2D eigenvalue weighted by Gasteiger charge is 2.05. The molecule has 1 amide bonds. The molecule has 0 aromatic heterocycles. The first kappa shape index (κ1) is 16.9. The Kier molecular flexibility index (Phi) is 6.03. The number of nitrogens with one attached hydrogen (secondary N) is 1. The molecule has 0 unspecified atom stereocenters. The van der Waals surface area contributed by atoms with E-state index in [-0.39, 0.29) is 5.91 Å². The predicted molar refractivity (Wildman–Crippen MR) is 90.9 cm³/mol. The van der Waals surface area contributed by atoms with Gasteiger partial charge in [0.2, 0.25) is 5.91 Å². The summed E-state index contributed by atoms with van der Waals surface area (Å²) in [5.41, 5.74) is 3.34. The zero-order valence-electron chi connectivity index (χ0n) is 13.9. The van der Waals surface area contributed by atoms with Crippen LogP contribution < -0.4 is 14.8 Å². The predicted octanol–water partition coefficient (Wildman–Crippen LogP) is 3.40. The summed E-state index contributed by atoms with van der Waals surface area (Å²) in [7, 11) is 1.63. The summed E-state index contributed by atoms with van der Waals surface area (Å²) in [6, 6.07) is 13.6. The zero-order chi connectivity index (χ0) is 16.7. The number of carbonyl (C=O) groups is 1. The number of methoxy groups -OCH3 is 1. The Morgan fingerprint density at radius 1 is 1.09 bits per heavy atom. The molecule has 1 N–H and O–H groups in total. The van der Waals surface area contributed by atoms with Crippen LogP contribution in [0.2, 0.25) is 0 Å². The van der Waals surface area contributed by atoms with Gasteiger partial charge < -0.3 is 14.8 Å². The first-order valence-corrected chi connectivity index (χ1v) is 7.69. The minimum Gasteiger partial charge on any atom is -0.497 e. The molecule has 2 rings (SSSR count). The van der Waals surface area contributed by atoms with Crippen molar-refractivity contribution in [3.63, 3.8) is 0 Å². The van der Waals surface area contributed by atoms with Gasteiger partial charge in [0.15, 0.2) is 0 Å². The number of hydrogen-bond donors (Lipinski definition) is 1. The molecule has 23 heavy (non-hydrogen) atoms. The molecule has 0 fully saturated rings. The molecule has 0 spiro atoms. The summed E-state index contributed by atoms with van der Waals surface area (Å²) < 4.78 is 10.8. The van der Waals surface area contributed by atoms with Gasteiger partial charge in [-0.05, 0) is 48.7 Å². The summed E-state index contributed by atoms with van der Waals surface area (Å²) in [6.07, 6.45) is 0.337. The first-order valence-electron chi connectivity index (χ1n) is 7.69. The molecule has 4 heteroatoms. The minimum absolute atomic E-state index is 0.0221. The van der Waals surface area contributed by atoms with Gasteiger partial charge in [-0.1, -0.05) is 24.3 Å². The number of rotatable bonds is 7. The summed E-state index contributed by atoms with van der Waals surface area (Å²) in [5.74, 6) is 1.63. The normalized spacial score (nSPS) is 10.2. The number of aryl methyl sites for hydroxylation is 1. The fourth-order valence-corrected chi connectivity index (χ4v) is 2.17. The van der Waals surface area contributed by atoms with E-state index in [0.717, 1.165) is 22.6 Å². The largest absolute Gasteiger partial charge is 0.497 e. The van der Waals surface area contributed by atoms with Gasteiger partial charge in [0.1, 0.15) is 11.5 Å². The van der Waals surface area contributed by atoms with Crippen molar-refractivity contribution in [2.45, 2.75) is 26.8 Å². The Balaban J connectivity index is 1.73. The van der Waals surface area contributed by atoms with Crippen LogP contribution in [0.1, 0.15) is 23.1 Å². The second kappa shape index (κ2) is 8.22. The lowest BCUT2D eigenvalue weighted by atomic mass is 10.1. The van der Waals surface area contributed by atoms with E-state index < -0.39 is 0 Å². The second-order valence-corrected chi connectivity index (χ2v) is 5.42. The third kappa shape index (κ3) is 5.02. The standard InChI is InChI=1S/C19H23NO3/c1-14-5-4-6-18(15(14)2)23-12-11-19(21)20-13-16-7-9-17(22-3)10-8-16/h4-10H,11-13H2,1-3H3,(H,20,21). The topological polar surface area (TPSA) is 47.6 Å². The van der Waals surface area contributed by atoms with Crippen molar-refractivity contribution in [2.24, 2.45) is 0 Å². The molecule has 0 aliphatic rings. The molecule has 2 aromatic rings. The molecule has 0 heterocycles. The maximum Gasteiger partial charge on any atom is 0.223 e. The van der Waals surface area contributed by atoms with E-state index in [0.29, 0.717) is 19.6 Å². The molecule has 0 saturated heterocycles. The van der Waals surface area contributed by atoms with Gasteiger partial charge in [-0.2, -0.15) is 0 Å². The molecular weight excluding hydrogens is 290 g/mol. The molecule has 0 aliphatic carbocycles. The quantitative estimate of drug-likeness (QED) is 0.852. The number of hydrogen-bond acceptors (Lipinski definition) is 3. The van der Waals surface area contributed by atoms with E-state index in [1.165, 1.54) is 5.56 Å². The lowest BCUT2D eigenvalue weighted by molar-refractivity contribution is -0.121. The third-order valence-corrected chi connectivity index (χ3v) is 3.79. The van der Waals surface area contributed by atoms with Gasteiger partial charge >= 0.3 is 0 Å². The number of carbonyl (C=O) groups excluding carboxylic acids is 1. The van der Waals surface area contributed by atoms with E-state index in [4.69, 9.17) is 9.47 Å². The van der Waals surface area contributed by atoms with Crippen molar-refractivity contribution in [2.75, 3.05) is 13.7 Å². The van der Waals surface area contributed by atoms with Gasteiger partial charge in [0, 0.05) is 6.54 Å². The van der Waals surface area contributed by atoms with Crippen LogP contribution >= 0.6 is 0 Å². The van der Waals surface area contributed by atoms with Crippen molar-refractivity contribution >= 4 is 5.91 Å². The molecule has 0 atom stereocenters.